The topological polar surface area (TPSA) is 38.5 Å². The molecule has 2 unspecified atom stereocenters. The summed E-state index contributed by atoms with van der Waals surface area (Å²) in [4.78, 5) is 2.57. The van der Waals surface area contributed by atoms with E-state index >= 15 is 0 Å². The molecule has 0 aromatic rings. The van der Waals surface area contributed by atoms with Gasteiger partial charge in [-0.3, -0.25) is 4.90 Å². The van der Waals surface area contributed by atoms with E-state index in [4.69, 9.17) is 10.5 Å². The minimum absolute atomic E-state index is 0.410. The SMILES string of the molecule is NCC(C1CCCO1)N1CCCCCC1. The molecule has 0 aromatic heterocycles. The van der Waals surface area contributed by atoms with Crippen LogP contribution in [0.4, 0.5) is 0 Å². The summed E-state index contributed by atoms with van der Waals surface area (Å²) >= 11 is 0. The van der Waals surface area contributed by atoms with Crippen molar-refractivity contribution in [1.29, 1.82) is 0 Å². The van der Waals surface area contributed by atoms with E-state index < -0.39 is 0 Å². The van der Waals surface area contributed by atoms with Crippen molar-refractivity contribution in [2.45, 2.75) is 50.7 Å². The van der Waals surface area contributed by atoms with E-state index in [2.05, 4.69) is 4.90 Å². The van der Waals surface area contributed by atoms with Gasteiger partial charge in [0, 0.05) is 19.2 Å². The third-order valence-corrected chi connectivity index (χ3v) is 3.75. The fourth-order valence-electron chi connectivity index (χ4n) is 2.87. The summed E-state index contributed by atoms with van der Waals surface area (Å²) in [5, 5.41) is 0. The van der Waals surface area contributed by atoms with Gasteiger partial charge in [-0.25, -0.2) is 0 Å². The third-order valence-electron chi connectivity index (χ3n) is 3.75. The van der Waals surface area contributed by atoms with Crippen LogP contribution in [0.2, 0.25) is 0 Å². The van der Waals surface area contributed by atoms with Gasteiger partial charge in [-0.15, -0.1) is 0 Å². The largest absolute Gasteiger partial charge is 0.377 e. The summed E-state index contributed by atoms with van der Waals surface area (Å²) in [6.07, 6.45) is 8.28. The normalized spacial score (nSPS) is 31.4. The maximum atomic E-state index is 5.91. The number of hydrogen-bond acceptors (Lipinski definition) is 3. The van der Waals surface area contributed by atoms with Gasteiger partial charge < -0.3 is 10.5 Å². The minimum Gasteiger partial charge on any atom is -0.377 e. The van der Waals surface area contributed by atoms with Gasteiger partial charge in [0.25, 0.3) is 0 Å². The Balaban J connectivity index is 1.91. The molecule has 0 aromatic carbocycles. The van der Waals surface area contributed by atoms with E-state index in [1.807, 2.05) is 0 Å². The number of nitrogens with zero attached hydrogens (tertiary/aromatic N) is 1. The van der Waals surface area contributed by atoms with Gasteiger partial charge in [0.1, 0.15) is 0 Å². The van der Waals surface area contributed by atoms with Gasteiger partial charge in [0.15, 0.2) is 0 Å². The minimum atomic E-state index is 0.410. The van der Waals surface area contributed by atoms with E-state index in [-0.39, 0.29) is 0 Å². The summed E-state index contributed by atoms with van der Waals surface area (Å²) in [5.41, 5.74) is 5.91. The van der Waals surface area contributed by atoms with Crippen molar-refractivity contribution in [2.24, 2.45) is 5.73 Å². The van der Waals surface area contributed by atoms with Crippen molar-refractivity contribution in [3.63, 3.8) is 0 Å². The molecular weight excluding hydrogens is 188 g/mol. The molecule has 0 bridgehead atoms. The van der Waals surface area contributed by atoms with Crippen LogP contribution in [-0.4, -0.2) is 43.3 Å². The van der Waals surface area contributed by atoms with Crippen molar-refractivity contribution in [3.05, 3.63) is 0 Å². The third kappa shape index (κ3) is 2.92. The van der Waals surface area contributed by atoms with E-state index in [9.17, 15) is 0 Å². The molecule has 0 spiro atoms. The maximum absolute atomic E-state index is 5.91. The first kappa shape index (κ1) is 11.4. The predicted octanol–water partition coefficient (Wildman–Crippen LogP) is 1.37. The molecule has 2 fully saturated rings. The molecule has 0 saturated carbocycles. The lowest BCUT2D eigenvalue weighted by Gasteiger charge is -2.33. The van der Waals surface area contributed by atoms with E-state index in [1.165, 1.54) is 51.6 Å². The van der Waals surface area contributed by atoms with Gasteiger partial charge in [0.2, 0.25) is 0 Å². The molecule has 2 rings (SSSR count). The second kappa shape index (κ2) is 5.83. The van der Waals surface area contributed by atoms with Crippen LogP contribution in [0.5, 0.6) is 0 Å². The summed E-state index contributed by atoms with van der Waals surface area (Å²) in [7, 11) is 0. The highest BCUT2D eigenvalue weighted by Crippen LogP contribution is 2.21. The van der Waals surface area contributed by atoms with Gasteiger partial charge in [-0.05, 0) is 38.8 Å². The first-order valence-electron chi connectivity index (χ1n) is 6.47. The molecule has 2 aliphatic heterocycles. The van der Waals surface area contributed by atoms with Crippen molar-refractivity contribution in [1.82, 2.24) is 4.90 Å². The number of ether oxygens (including phenoxy) is 1. The second-order valence-electron chi connectivity index (χ2n) is 4.80. The summed E-state index contributed by atoms with van der Waals surface area (Å²) in [5.74, 6) is 0. The van der Waals surface area contributed by atoms with Gasteiger partial charge in [-0.2, -0.15) is 0 Å². The summed E-state index contributed by atoms with van der Waals surface area (Å²) in [6.45, 7) is 4.14. The van der Waals surface area contributed by atoms with Crippen LogP contribution in [0.3, 0.4) is 0 Å². The smallest absolute Gasteiger partial charge is 0.0743 e. The Kier molecular flexibility index (Phi) is 4.42. The summed E-state index contributed by atoms with van der Waals surface area (Å²) < 4.78 is 5.78. The molecule has 2 N–H and O–H groups in total. The van der Waals surface area contributed by atoms with Crippen LogP contribution < -0.4 is 5.73 Å². The van der Waals surface area contributed by atoms with Crippen molar-refractivity contribution < 1.29 is 4.74 Å². The Morgan fingerprint density at radius 1 is 1.13 bits per heavy atom. The van der Waals surface area contributed by atoms with E-state index in [0.717, 1.165) is 13.2 Å². The molecule has 2 atom stereocenters. The molecule has 2 saturated heterocycles. The highest BCUT2D eigenvalue weighted by atomic mass is 16.5. The summed E-state index contributed by atoms with van der Waals surface area (Å²) in [6, 6.07) is 0.477. The first-order chi connectivity index (χ1) is 7.42. The molecule has 2 heterocycles. The molecule has 0 radical (unpaired) electrons. The average molecular weight is 212 g/mol. The highest BCUT2D eigenvalue weighted by Gasteiger charge is 2.29. The fourth-order valence-corrected chi connectivity index (χ4v) is 2.87. The van der Waals surface area contributed by atoms with Crippen LogP contribution in [0.25, 0.3) is 0 Å². The number of hydrogen-bond donors (Lipinski definition) is 1. The Hall–Kier alpha value is -0.120. The first-order valence-corrected chi connectivity index (χ1v) is 6.47. The molecule has 0 amide bonds. The molecular formula is C12H24N2O. The van der Waals surface area contributed by atoms with E-state index in [0.29, 0.717) is 12.1 Å². The van der Waals surface area contributed by atoms with Crippen LogP contribution in [0.1, 0.15) is 38.5 Å². The lowest BCUT2D eigenvalue weighted by Crippen LogP contribution is -2.48. The molecule has 0 aliphatic carbocycles. The zero-order valence-corrected chi connectivity index (χ0v) is 9.66. The Bertz CT molecular complexity index is 172. The quantitative estimate of drug-likeness (QED) is 0.768. The molecule has 3 heteroatoms. The molecule has 2 aliphatic rings. The monoisotopic (exact) mass is 212 g/mol. The Labute approximate surface area is 93.0 Å². The number of rotatable bonds is 3. The zero-order valence-electron chi connectivity index (χ0n) is 9.66. The lowest BCUT2D eigenvalue weighted by atomic mass is 10.1. The van der Waals surface area contributed by atoms with Crippen molar-refractivity contribution in [3.8, 4) is 0 Å². The van der Waals surface area contributed by atoms with Crippen molar-refractivity contribution in [2.75, 3.05) is 26.2 Å². The van der Waals surface area contributed by atoms with Crippen LogP contribution in [0.15, 0.2) is 0 Å². The van der Waals surface area contributed by atoms with Gasteiger partial charge in [-0.1, -0.05) is 12.8 Å². The predicted molar refractivity (Wildman–Crippen MR) is 61.9 cm³/mol. The van der Waals surface area contributed by atoms with Crippen molar-refractivity contribution >= 4 is 0 Å². The number of likely N-dealkylation sites (tertiary alicyclic amines) is 1. The highest BCUT2D eigenvalue weighted by molar-refractivity contribution is 4.84. The van der Waals surface area contributed by atoms with Crippen LogP contribution in [0, 0.1) is 0 Å². The number of nitrogens with two attached hydrogens (primary N) is 1. The maximum Gasteiger partial charge on any atom is 0.0743 e. The van der Waals surface area contributed by atoms with E-state index in [1.54, 1.807) is 0 Å². The molecule has 88 valence electrons. The lowest BCUT2D eigenvalue weighted by molar-refractivity contribution is 0.0285. The van der Waals surface area contributed by atoms with Crippen LogP contribution in [-0.2, 0) is 4.74 Å². The average Bonchev–Trinajstić information content (AvgIpc) is 2.63. The van der Waals surface area contributed by atoms with Gasteiger partial charge in [0.05, 0.1) is 6.10 Å². The zero-order chi connectivity index (χ0) is 10.5. The fraction of sp³-hybridized carbons (Fsp3) is 1.00. The van der Waals surface area contributed by atoms with Crippen LogP contribution >= 0.6 is 0 Å². The molecule has 15 heavy (non-hydrogen) atoms. The van der Waals surface area contributed by atoms with Gasteiger partial charge >= 0.3 is 0 Å². The Morgan fingerprint density at radius 3 is 2.40 bits per heavy atom. The second-order valence-corrected chi connectivity index (χ2v) is 4.80. The molecule has 3 nitrogen and oxygen atoms in total. The standard InChI is InChI=1S/C12H24N2O/c13-10-11(12-6-5-9-15-12)14-7-3-1-2-4-8-14/h11-12H,1-10,13H2. The Morgan fingerprint density at radius 2 is 1.87 bits per heavy atom.